The highest BCUT2D eigenvalue weighted by molar-refractivity contribution is 9.10. The summed E-state index contributed by atoms with van der Waals surface area (Å²) in [7, 11) is -1.87. The van der Waals surface area contributed by atoms with Crippen LogP contribution in [-0.4, -0.2) is 20.4 Å². The molecule has 0 bridgehead atoms. The van der Waals surface area contributed by atoms with Crippen molar-refractivity contribution >= 4 is 43.2 Å². The number of rotatable bonds is 5. The minimum Gasteiger partial charge on any atom is -0.363 e. The van der Waals surface area contributed by atoms with Crippen molar-refractivity contribution in [3.05, 3.63) is 45.7 Å². The number of halogens is 2. The van der Waals surface area contributed by atoms with Gasteiger partial charge in [-0.15, -0.1) is 0 Å². The monoisotopic (exact) mass is 377 g/mol. The van der Waals surface area contributed by atoms with Crippen molar-refractivity contribution in [2.24, 2.45) is 0 Å². The van der Waals surface area contributed by atoms with Gasteiger partial charge in [0.2, 0.25) is 0 Å². The minimum atomic E-state index is -3.65. The molecular formula is C12H13BrClN3O2S. The molecule has 8 heteroatoms. The van der Waals surface area contributed by atoms with Crippen molar-refractivity contribution in [3.8, 4) is 0 Å². The molecule has 5 nitrogen and oxygen atoms in total. The number of aromatic nitrogens is 1. The summed E-state index contributed by atoms with van der Waals surface area (Å²) in [4.78, 5) is 3.07. The van der Waals surface area contributed by atoms with Crippen LogP contribution in [0.25, 0.3) is 0 Å². The first kappa shape index (κ1) is 15.4. The molecule has 0 saturated heterocycles. The van der Waals surface area contributed by atoms with Gasteiger partial charge in [0, 0.05) is 22.9 Å². The average molecular weight is 379 g/mol. The van der Waals surface area contributed by atoms with Gasteiger partial charge in [-0.1, -0.05) is 27.5 Å². The molecule has 1 heterocycles. The van der Waals surface area contributed by atoms with E-state index in [9.17, 15) is 8.42 Å². The van der Waals surface area contributed by atoms with E-state index >= 15 is 0 Å². The topological polar surface area (TPSA) is 74.0 Å². The fourth-order valence-electron chi connectivity index (χ4n) is 1.64. The van der Waals surface area contributed by atoms with Gasteiger partial charge in [-0.05, 0) is 31.3 Å². The summed E-state index contributed by atoms with van der Waals surface area (Å²) >= 11 is 9.27. The second kappa shape index (κ2) is 6.17. The van der Waals surface area contributed by atoms with Crippen molar-refractivity contribution in [1.82, 2.24) is 10.3 Å². The van der Waals surface area contributed by atoms with Gasteiger partial charge in [0.05, 0.1) is 10.7 Å². The largest absolute Gasteiger partial charge is 0.363 e. The predicted molar refractivity (Wildman–Crippen MR) is 83.5 cm³/mol. The van der Waals surface area contributed by atoms with Crippen molar-refractivity contribution in [2.75, 3.05) is 11.8 Å². The molecule has 0 spiro atoms. The van der Waals surface area contributed by atoms with Gasteiger partial charge in [0.25, 0.3) is 10.0 Å². The molecule has 1 aromatic carbocycles. The number of H-pyrrole nitrogens is 1. The maximum absolute atomic E-state index is 12.2. The molecule has 0 radical (unpaired) electrons. The molecule has 20 heavy (non-hydrogen) atoms. The van der Waals surface area contributed by atoms with Gasteiger partial charge in [-0.2, -0.15) is 0 Å². The number of hydrogen-bond acceptors (Lipinski definition) is 3. The molecule has 2 rings (SSSR count). The molecule has 0 saturated carbocycles. The number of anilines is 1. The summed E-state index contributed by atoms with van der Waals surface area (Å²) in [5, 5.41) is 3.27. The maximum atomic E-state index is 12.2. The molecule has 108 valence electrons. The second-order valence-electron chi connectivity index (χ2n) is 4.12. The Morgan fingerprint density at radius 1 is 1.35 bits per heavy atom. The number of sulfonamides is 1. The van der Waals surface area contributed by atoms with Crippen LogP contribution in [0.3, 0.4) is 0 Å². The summed E-state index contributed by atoms with van der Waals surface area (Å²) < 4.78 is 27.7. The fourth-order valence-corrected chi connectivity index (χ4v) is 3.52. The average Bonchev–Trinajstić information content (AvgIpc) is 2.83. The maximum Gasteiger partial charge on any atom is 0.263 e. The highest BCUT2D eigenvalue weighted by atomic mass is 79.9. The van der Waals surface area contributed by atoms with Crippen molar-refractivity contribution in [1.29, 1.82) is 0 Å². The number of benzene rings is 1. The molecule has 0 atom stereocenters. The van der Waals surface area contributed by atoms with Gasteiger partial charge >= 0.3 is 0 Å². The number of hydrogen-bond donors (Lipinski definition) is 3. The molecule has 0 aliphatic carbocycles. The van der Waals surface area contributed by atoms with Gasteiger partial charge < -0.3 is 10.3 Å². The molecule has 0 aliphatic rings. The molecule has 0 aliphatic heterocycles. The molecule has 0 unspecified atom stereocenters. The van der Waals surface area contributed by atoms with Gasteiger partial charge in [-0.3, -0.25) is 4.72 Å². The predicted octanol–water partition coefficient (Wildman–Crippen LogP) is 2.95. The van der Waals surface area contributed by atoms with Gasteiger partial charge in [0.15, 0.2) is 0 Å². The van der Waals surface area contributed by atoms with Crippen molar-refractivity contribution < 1.29 is 8.42 Å². The van der Waals surface area contributed by atoms with Crippen LogP contribution in [0.4, 0.5) is 5.69 Å². The third kappa shape index (κ3) is 3.54. The smallest absolute Gasteiger partial charge is 0.263 e. The van der Waals surface area contributed by atoms with Crippen molar-refractivity contribution in [2.45, 2.75) is 11.4 Å². The van der Waals surface area contributed by atoms with Crippen LogP contribution in [0.5, 0.6) is 0 Å². The molecule has 2 aromatic rings. The van der Waals surface area contributed by atoms with Crippen LogP contribution in [0.1, 0.15) is 5.69 Å². The third-order valence-corrected chi connectivity index (χ3v) is 4.72. The standard InChI is InChI=1S/C12H13BrClN3O2S/c1-15-6-9-5-10(7-16-9)20(18,19)17-12-3-2-8(13)4-11(12)14/h2-5,7,15-17H,6H2,1H3. The summed E-state index contributed by atoms with van der Waals surface area (Å²) in [6.45, 7) is 0.564. The Labute approximate surface area is 130 Å². The van der Waals surface area contributed by atoms with E-state index in [4.69, 9.17) is 11.6 Å². The first-order valence-corrected chi connectivity index (χ1v) is 8.37. The van der Waals surface area contributed by atoms with E-state index in [0.29, 0.717) is 17.3 Å². The lowest BCUT2D eigenvalue weighted by molar-refractivity contribution is 0.601. The first-order valence-electron chi connectivity index (χ1n) is 5.72. The Balaban J connectivity index is 2.26. The van der Waals surface area contributed by atoms with Crippen LogP contribution in [-0.2, 0) is 16.6 Å². The van der Waals surface area contributed by atoms with Crippen LogP contribution in [0.2, 0.25) is 5.02 Å². The lowest BCUT2D eigenvalue weighted by atomic mass is 10.3. The third-order valence-electron chi connectivity index (χ3n) is 2.57. The second-order valence-corrected chi connectivity index (χ2v) is 7.13. The van der Waals surface area contributed by atoms with E-state index < -0.39 is 10.0 Å². The SMILES string of the molecule is CNCc1cc(S(=O)(=O)Nc2ccc(Br)cc2Cl)c[nH]1. The van der Waals surface area contributed by atoms with Gasteiger partial charge in [0.1, 0.15) is 4.90 Å². The first-order chi connectivity index (χ1) is 9.42. The summed E-state index contributed by atoms with van der Waals surface area (Å²) in [6.07, 6.45) is 1.45. The Morgan fingerprint density at radius 2 is 2.10 bits per heavy atom. The summed E-state index contributed by atoms with van der Waals surface area (Å²) in [5.41, 5.74) is 1.13. The molecule has 0 amide bonds. The van der Waals surface area contributed by atoms with Crippen molar-refractivity contribution in [3.63, 3.8) is 0 Å². The van der Waals surface area contributed by atoms with Crippen LogP contribution < -0.4 is 10.0 Å². The highest BCUT2D eigenvalue weighted by Gasteiger charge is 2.17. The summed E-state index contributed by atoms with van der Waals surface area (Å²) in [5.74, 6) is 0. The fraction of sp³-hybridized carbons (Fsp3) is 0.167. The summed E-state index contributed by atoms with van der Waals surface area (Å²) in [6, 6.07) is 6.52. The van der Waals surface area contributed by atoms with E-state index in [1.54, 1.807) is 31.3 Å². The normalized spacial score (nSPS) is 11.6. The van der Waals surface area contributed by atoms with E-state index in [1.807, 2.05) is 0 Å². The Bertz CT molecular complexity index is 715. The molecular weight excluding hydrogens is 366 g/mol. The Kier molecular flexibility index (Phi) is 4.74. The molecule has 1 aromatic heterocycles. The number of nitrogens with one attached hydrogen (secondary N) is 3. The van der Waals surface area contributed by atoms with Gasteiger partial charge in [-0.25, -0.2) is 8.42 Å². The Morgan fingerprint density at radius 3 is 2.75 bits per heavy atom. The number of aromatic amines is 1. The molecule has 0 fully saturated rings. The highest BCUT2D eigenvalue weighted by Crippen LogP contribution is 2.27. The van der Waals surface area contributed by atoms with Crippen LogP contribution >= 0.6 is 27.5 Å². The zero-order chi connectivity index (χ0) is 14.8. The quantitative estimate of drug-likeness (QED) is 0.749. The van der Waals surface area contributed by atoms with Crippen LogP contribution in [0, 0.1) is 0 Å². The van der Waals surface area contributed by atoms with E-state index in [0.717, 1.165) is 10.2 Å². The minimum absolute atomic E-state index is 0.168. The van der Waals surface area contributed by atoms with E-state index in [2.05, 4.69) is 31.0 Å². The zero-order valence-corrected chi connectivity index (χ0v) is 13.7. The van der Waals surface area contributed by atoms with E-state index in [-0.39, 0.29) is 4.90 Å². The van der Waals surface area contributed by atoms with E-state index in [1.165, 1.54) is 6.20 Å². The zero-order valence-electron chi connectivity index (χ0n) is 10.6. The van der Waals surface area contributed by atoms with Crippen LogP contribution in [0.15, 0.2) is 39.8 Å². The lowest BCUT2D eigenvalue weighted by Gasteiger charge is -2.08. The lowest BCUT2D eigenvalue weighted by Crippen LogP contribution is -2.12. The molecule has 3 N–H and O–H groups in total. The Hall–Kier alpha value is -1.02.